The number of thioether (sulfide) groups is 2. The predicted molar refractivity (Wildman–Crippen MR) is 88.1 cm³/mol. The van der Waals surface area contributed by atoms with Crippen molar-refractivity contribution >= 4 is 34.9 Å². The van der Waals surface area contributed by atoms with Crippen LogP contribution in [-0.4, -0.2) is 28.6 Å². The summed E-state index contributed by atoms with van der Waals surface area (Å²) >= 11 is 6.17. The Balaban J connectivity index is 2.11. The maximum Gasteiger partial charge on any atom is 0.0459 e. The highest BCUT2D eigenvalue weighted by Crippen LogP contribution is 2.40. The number of thiophene rings is 1. The molecule has 3 atom stereocenters. The molecule has 0 radical (unpaired) electrons. The molecule has 18 heavy (non-hydrogen) atoms. The molecule has 0 spiro atoms. The third kappa shape index (κ3) is 3.69. The van der Waals surface area contributed by atoms with Crippen molar-refractivity contribution in [3.63, 3.8) is 0 Å². The van der Waals surface area contributed by atoms with Gasteiger partial charge in [-0.25, -0.2) is 0 Å². The average Bonchev–Trinajstić information content (AvgIpc) is 2.94. The predicted octanol–water partition coefficient (Wildman–Crippen LogP) is 4.42. The van der Waals surface area contributed by atoms with Crippen molar-refractivity contribution in [1.82, 2.24) is 5.32 Å². The summed E-state index contributed by atoms with van der Waals surface area (Å²) in [7, 11) is 0. The Bertz CT molecular complexity index is 326. The monoisotopic (exact) mass is 301 g/mol. The lowest BCUT2D eigenvalue weighted by molar-refractivity contribution is 0.499. The first-order chi connectivity index (χ1) is 8.86. The highest BCUT2D eigenvalue weighted by molar-refractivity contribution is 8.07. The van der Waals surface area contributed by atoms with Gasteiger partial charge in [0.05, 0.1) is 0 Å². The Hall–Kier alpha value is 0.360. The second kappa shape index (κ2) is 7.83. The molecule has 4 heteroatoms. The molecule has 1 aliphatic heterocycles. The fourth-order valence-corrected chi connectivity index (χ4v) is 6.37. The summed E-state index contributed by atoms with van der Waals surface area (Å²) in [6.45, 7) is 5.71. The van der Waals surface area contributed by atoms with E-state index in [0.29, 0.717) is 6.04 Å². The van der Waals surface area contributed by atoms with Crippen molar-refractivity contribution in [2.24, 2.45) is 0 Å². The van der Waals surface area contributed by atoms with Gasteiger partial charge < -0.3 is 5.32 Å². The molecular formula is C14H23NS3. The molecule has 102 valence electrons. The summed E-state index contributed by atoms with van der Waals surface area (Å²) in [6, 6.07) is 2.84. The van der Waals surface area contributed by atoms with Gasteiger partial charge in [-0.3, -0.25) is 0 Å². The number of hydrogen-bond acceptors (Lipinski definition) is 4. The van der Waals surface area contributed by atoms with Gasteiger partial charge in [0.2, 0.25) is 0 Å². The third-order valence-electron chi connectivity index (χ3n) is 3.34. The Kier molecular flexibility index (Phi) is 6.42. The van der Waals surface area contributed by atoms with E-state index in [4.69, 9.17) is 0 Å². The summed E-state index contributed by atoms with van der Waals surface area (Å²) in [6.07, 6.45) is 2.50. The van der Waals surface area contributed by atoms with E-state index in [9.17, 15) is 0 Å². The molecule has 0 amide bonds. The minimum Gasteiger partial charge on any atom is -0.309 e. The van der Waals surface area contributed by atoms with Crippen LogP contribution in [0.15, 0.2) is 16.8 Å². The topological polar surface area (TPSA) is 12.0 Å². The van der Waals surface area contributed by atoms with Gasteiger partial charge >= 0.3 is 0 Å². The Morgan fingerprint density at radius 2 is 2.17 bits per heavy atom. The van der Waals surface area contributed by atoms with Crippen LogP contribution in [0.5, 0.6) is 0 Å². The van der Waals surface area contributed by atoms with Crippen LogP contribution in [0.4, 0.5) is 0 Å². The fourth-order valence-electron chi connectivity index (χ4n) is 2.42. The average molecular weight is 302 g/mol. The summed E-state index contributed by atoms with van der Waals surface area (Å²) < 4.78 is 0. The molecule has 1 aromatic heterocycles. The molecule has 0 aliphatic carbocycles. The zero-order valence-corrected chi connectivity index (χ0v) is 13.7. The van der Waals surface area contributed by atoms with E-state index < -0.39 is 0 Å². The second-order valence-corrected chi connectivity index (χ2v) is 8.05. The van der Waals surface area contributed by atoms with Gasteiger partial charge in [-0.1, -0.05) is 13.8 Å². The minimum absolute atomic E-state index is 0.541. The molecule has 1 aromatic rings. The molecule has 3 unspecified atom stereocenters. The van der Waals surface area contributed by atoms with Gasteiger partial charge in [-0.05, 0) is 41.8 Å². The lowest BCUT2D eigenvalue weighted by atomic mass is 10.0. The van der Waals surface area contributed by atoms with Crippen LogP contribution in [0.3, 0.4) is 0 Å². The SMILES string of the molecule is CCCNC(c1ccsc1)C1SCCSC1CC. The van der Waals surface area contributed by atoms with Crippen LogP contribution in [0.25, 0.3) is 0 Å². The largest absolute Gasteiger partial charge is 0.309 e. The molecule has 0 bridgehead atoms. The van der Waals surface area contributed by atoms with E-state index in [-0.39, 0.29) is 0 Å². The first-order valence-electron chi connectivity index (χ1n) is 6.85. The Morgan fingerprint density at radius 3 is 2.83 bits per heavy atom. The highest BCUT2D eigenvalue weighted by Gasteiger charge is 2.32. The normalized spacial score (nSPS) is 26.1. The molecular weight excluding hydrogens is 278 g/mol. The van der Waals surface area contributed by atoms with Crippen molar-refractivity contribution < 1.29 is 0 Å². The first kappa shape index (κ1) is 14.8. The van der Waals surface area contributed by atoms with Crippen molar-refractivity contribution in [2.45, 2.75) is 43.2 Å². The lowest BCUT2D eigenvalue weighted by Crippen LogP contribution is -2.38. The second-order valence-electron chi connectivity index (χ2n) is 4.64. The van der Waals surface area contributed by atoms with Gasteiger partial charge in [0.1, 0.15) is 0 Å². The molecule has 0 aromatic carbocycles. The van der Waals surface area contributed by atoms with Gasteiger partial charge in [0.25, 0.3) is 0 Å². The van der Waals surface area contributed by atoms with Gasteiger partial charge in [0.15, 0.2) is 0 Å². The van der Waals surface area contributed by atoms with E-state index in [1.54, 1.807) is 0 Å². The summed E-state index contributed by atoms with van der Waals surface area (Å²) in [4.78, 5) is 0. The van der Waals surface area contributed by atoms with E-state index in [2.05, 4.69) is 59.5 Å². The minimum atomic E-state index is 0.541. The summed E-state index contributed by atoms with van der Waals surface area (Å²) in [5, 5.41) is 9.84. The molecule has 1 N–H and O–H groups in total. The van der Waals surface area contributed by atoms with Crippen molar-refractivity contribution in [1.29, 1.82) is 0 Å². The van der Waals surface area contributed by atoms with E-state index >= 15 is 0 Å². The van der Waals surface area contributed by atoms with Crippen LogP contribution < -0.4 is 5.32 Å². The van der Waals surface area contributed by atoms with Crippen molar-refractivity contribution in [3.05, 3.63) is 22.4 Å². The van der Waals surface area contributed by atoms with Crippen LogP contribution in [0.2, 0.25) is 0 Å². The number of rotatable bonds is 6. The van der Waals surface area contributed by atoms with Gasteiger partial charge in [-0.2, -0.15) is 34.9 Å². The first-order valence-corrected chi connectivity index (χ1v) is 9.89. The summed E-state index contributed by atoms with van der Waals surface area (Å²) in [5.74, 6) is 2.63. The Morgan fingerprint density at radius 1 is 1.33 bits per heavy atom. The molecule has 1 aliphatic rings. The number of nitrogens with one attached hydrogen (secondary N) is 1. The van der Waals surface area contributed by atoms with Crippen LogP contribution in [0, 0.1) is 0 Å². The zero-order valence-electron chi connectivity index (χ0n) is 11.2. The molecule has 2 heterocycles. The van der Waals surface area contributed by atoms with Crippen molar-refractivity contribution in [2.75, 3.05) is 18.1 Å². The summed E-state index contributed by atoms with van der Waals surface area (Å²) in [5.41, 5.74) is 1.49. The molecule has 1 nitrogen and oxygen atoms in total. The number of hydrogen-bond donors (Lipinski definition) is 1. The molecule has 1 saturated heterocycles. The van der Waals surface area contributed by atoms with Gasteiger partial charge in [0, 0.05) is 28.0 Å². The maximum absolute atomic E-state index is 3.78. The van der Waals surface area contributed by atoms with Crippen LogP contribution in [-0.2, 0) is 0 Å². The highest BCUT2D eigenvalue weighted by atomic mass is 32.2. The lowest BCUT2D eigenvalue weighted by Gasteiger charge is -2.36. The van der Waals surface area contributed by atoms with E-state index in [0.717, 1.165) is 17.0 Å². The van der Waals surface area contributed by atoms with Gasteiger partial charge in [-0.15, -0.1) is 0 Å². The van der Waals surface area contributed by atoms with Crippen molar-refractivity contribution in [3.8, 4) is 0 Å². The quantitative estimate of drug-likeness (QED) is 0.835. The third-order valence-corrected chi connectivity index (χ3v) is 7.39. The maximum atomic E-state index is 3.78. The molecule has 2 rings (SSSR count). The standard InChI is InChI=1S/C14H23NS3/c1-3-6-15-13(11-5-7-16-10-11)14-12(4-2)17-8-9-18-14/h5,7,10,12-15H,3-4,6,8-9H2,1-2H3. The fraction of sp³-hybridized carbons (Fsp3) is 0.714. The smallest absolute Gasteiger partial charge is 0.0459 e. The molecule has 1 fully saturated rings. The van der Waals surface area contributed by atoms with Crippen LogP contribution >= 0.6 is 34.9 Å². The van der Waals surface area contributed by atoms with E-state index in [1.165, 1.54) is 29.9 Å². The Labute approximate surface area is 124 Å². The van der Waals surface area contributed by atoms with Crippen LogP contribution in [0.1, 0.15) is 38.3 Å². The van der Waals surface area contributed by atoms with E-state index in [1.807, 2.05) is 11.3 Å². The zero-order chi connectivity index (χ0) is 12.8. The molecule has 0 saturated carbocycles.